The van der Waals surface area contributed by atoms with Gasteiger partial charge in [0.25, 0.3) is 0 Å². The highest BCUT2D eigenvalue weighted by atomic mass is 16.6. The third-order valence-electron chi connectivity index (χ3n) is 2.91. The van der Waals surface area contributed by atoms with E-state index in [1.54, 1.807) is 25.7 Å². The molecule has 0 aromatic carbocycles. The number of nitrogens with zero attached hydrogens (tertiary/aromatic N) is 1. The van der Waals surface area contributed by atoms with Crippen LogP contribution in [-0.2, 0) is 9.53 Å². The number of hydrogen-bond donors (Lipinski definition) is 1. The fourth-order valence-electron chi connectivity index (χ4n) is 1.87. The number of amides is 2. The van der Waals surface area contributed by atoms with Gasteiger partial charge in [0.2, 0.25) is 5.91 Å². The van der Waals surface area contributed by atoms with Gasteiger partial charge in [-0.15, -0.1) is 0 Å². The summed E-state index contributed by atoms with van der Waals surface area (Å²) in [6.07, 6.45) is 2.00. The molecule has 0 bridgehead atoms. The SMILES string of the molecule is CCCC[C@H](NC(=O)OC(C)(C)C)C(=O)N(CC)CC. The number of carbonyl (C=O) groups is 2. The molecule has 20 heavy (non-hydrogen) atoms. The minimum atomic E-state index is -0.558. The van der Waals surface area contributed by atoms with E-state index in [1.807, 2.05) is 13.8 Å². The molecule has 0 aliphatic rings. The van der Waals surface area contributed by atoms with Gasteiger partial charge in [-0.3, -0.25) is 4.79 Å². The molecule has 5 nitrogen and oxygen atoms in total. The van der Waals surface area contributed by atoms with Crippen molar-refractivity contribution in [3.05, 3.63) is 0 Å². The largest absolute Gasteiger partial charge is 0.444 e. The molecule has 1 N–H and O–H groups in total. The van der Waals surface area contributed by atoms with Gasteiger partial charge in [0, 0.05) is 13.1 Å². The van der Waals surface area contributed by atoms with E-state index in [-0.39, 0.29) is 5.91 Å². The molecule has 118 valence electrons. The molecule has 0 radical (unpaired) electrons. The lowest BCUT2D eigenvalue weighted by atomic mass is 10.1. The van der Waals surface area contributed by atoms with Gasteiger partial charge in [-0.05, 0) is 41.0 Å². The number of ether oxygens (including phenoxy) is 1. The first kappa shape index (κ1) is 18.7. The van der Waals surface area contributed by atoms with Crippen molar-refractivity contribution in [2.24, 2.45) is 0 Å². The Balaban J connectivity index is 4.71. The molecule has 0 rings (SSSR count). The number of carbonyl (C=O) groups excluding carboxylic acids is 2. The topological polar surface area (TPSA) is 58.6 Å². The summed E-state index contributed by atoms with van der Waals surface area (Å²) in [5, 5.41) is 2.70. The second-order valence-electron chi connectivity index (χ2n) is 5.85. The lowest BCUT2D eigenvalue weighted by molar-refractivity contribution is -0.133. The lowest BCUT2D eigenvalue weighted by Gasteiger charge is -2.27. The van der Waals surface area contributed by atoms with Crippen LogP contribution in [0.4, 0.5) is 4.79 Å². The minimum absolute atomic E-state index is 0.0330. The van der Waals surface area contributed by atoms with Crippen LogP contribution >= 0.6 is 0 Å². The first-order chi connectivity index (χ1) is 9.25. The predicted molar refractivity (Wildman–Crippen MR) is 80.6 cm³/mol. The Labute approximate surface area is 123 Å². The van der Waals surface area contributed by atoms with Crippen LogP contribution in [0.15, 0.2) is 0 Å². The fraction of sp³-hybridized carbons (Fsp3) is 0.867. The zero-order valence-electron chi connectivity index (χ0n) is 13.8. The number of unbranched alkanes of at least 4 members (excludes halogenated alkanes) is 1. The fourth-order valence-corrected chi connectivity index (χ4v) is 1.87. The molecule has 0 saturated heterocycles. The van der Waals surface area contributed by atoms with Crippen molar-refractivity contribution >= 4 is 12.0 Å². The standard InChI is InChI=1S/C15H30N2O3/c1-7-10-11-12(13(18)17(8-2)9-3)16-14(19)20-15(4,5)6/h12H,7-11H2,1-6H3,(H,16,19)/t12-/m0/s1. The van der Waals surface area contributed by atoms with Crippen LogP contribution in [0.2, 0.25) is 0 Å². The van der Waals surface area contributed by atoms with Gasteiger partial charge in [-0.25, -0.2) is 4.79 Å². The number of hydrogen-bond acceptors (Lipinski definition) is 3. The van der Waals surface area contributed by atoms with Gasteiger partial charge in [-0.2, -0.15) is 0 Å². The summed E-state index contributed by atoms with van der Waals surface area (Å²) in [6, 6.07) is -0.496. The highest BCUT2D eigenvalue weighted by Gasteiger charge is 2.26. The molecule has 0 aromatic rings. The van der Waals surface area contributed by atoms with Crippen LogP contribution in [0.3, 0.4) is 0 Å². The molecule has 0 aliphatic carbocycles. The maximum absolute atomic E-state index is 12.4. The molecule has 2 amide bonds. The molecule has 0 aromatic heterocycles. The number of alkyl carbamates (subject to hydrolysis) is 1. The van der Waals surface area contributed by atoms with Crippen molar-refractivity contribution in [2.45, 2.75) is 72.4 Å². The zero-order chi connectivity index (χ0) is 15.8. The Hall–Kier alpha value is -1.26. The molecule has 0 heterocycles. The smallest absolute Gasteiger partial charge is 0.408 e. The first-order valence-corrected chi connectivity index (χ1v) is 7.53. The van der Waals surface area contributed by atoms with Crippen molar-refractivity contribution < 1.29 is 14.3 Å². The second-order valence-corrected chi connectivity index (χ2v) is 5.85. The maximum Gasteiger partial charge on any atom is 0.408 e. The Bertz CT molecular complexity index is 307. The highest BCUT2D eigenvalue weighted by Crippen LogP contribution is 2.09. The van der Waals surface area contributed by atoms with Crippen molar-refractivity contribution in [2.75, 3.05) is 13.1 Å². The molecule has 1 atom stereocenters. The van der Waals surface area contributed by atoms with Crippen molar-refractivity contribution in [1.82, 2.24) is 10.2 Å². The third kappa shape index (κ3) is 7.36. The molecule has 0 aliphatic heterocycles. The molecular formula is C15H30N2O3. The molecule has 0 saturated carbocycles. The minimum Gasteiger partial charge on any atom is -0.444 e. The molecule has 0 spiro atoms. The summed E-state index contributed by atoms with van der Waals surface area (Å²) in [6.45, 7) is 12.6. The maximum atomic E-state index is 12.4. The molecule has 0 unspecified atom stereocenters. The third-order valence-corrected chi connectivity index (χ3v) is 2.91. The van der Waals surface area contributed by atoms with Gasteiger partial charge < -0.3 is 15.0 Å². The quantitative estimate of drug-likeness (QED) is 0.783. The normalized spacial score (nSPS) is 12.7. The van der Waals surface area contributed by atoms with E-state index in [4.69, 9.17) is 4.74 Å². The van der Waals surface area contributed by atoms with Crippen LogP contribution in [0, 0.1) is 0 Å². The zero-order valence-corrected chi connectivity index (χ0v) is 13.8. The number of likely N-dealkylation sites (N-methyl/N-ethyl adjacent to an activating group) is 1. The molecular weight excluding hydrogens is 256 g/mol. The van der Waals surface area contributed by atoms with Gasteiger partial charge in [0.15, 0.2) is 0 Å². The van der Waals surface area contributed by atoms with E-state index in [0.29, 0.717) is 19.5 Å². The van der Waals surface area contributed by atoms with Gasteiger partial charge in [0.1, 0.15) is 11.6 Å². The lowest BCUT2D eigenvalue weighted by Crippen LogP contribution is -2.49. The van der Waals surface area contributed by atoms with E-state index in [0.717, 1.165) is 12.8 Å². The average molecular weight is 286 g/mol. The Morgan fingerprint density at radius 3 is 2.10 bits per heavy atom. The van der Waals surface area contributed by atoms with E-state index in [2.05, 4.69) is 12.2 Å². The van der Waals surface area contributed by atoms with Crippen LogP contribution < -0.4 is 5.32 Å². The molecule has 0 fully saturated rings. The van der Waals surface area contributed by atoms with Crippen LogP contribution in [0.5, 0.6) is 0 Å². The summed E-state index contributed by atoms with van der Waals surface area (Å²) in [5.74, 6) is -0.0330. The number of rotatable bonds is 7. The van der Waals surface area contributed by atoms with Crippen LogP contribution in [0.25, 0.3) is 0 Å². The van der Waals surface area contributed by atoms with Gasteiger partial charge >= 0.3 is 6.09 Å². The monoisotopic (exact) mass is 286 g/mol. The van der Waals surface area contributed by atoms with E-state index < -0.39 is 17.7 Å². The second kappa shape index (κ2) is 8.82. The van der Waals surface area contributed by atoms with E-state index in [1.165, 1.54) is 0 Å². The van der Waals surface area contributed by atoms with Gasteiger partial charge in [-0.1, -0.05) is 19.8 Å². The summed E-state index contributed by atoms with van der Waals surface area (Å²) < 4.78 is 5.22. The predicted octanol–water partition coefficient (Wildman–Crippen LogP) is 2.94. The molecule has 5 heteroatoms. The summed E-state index contributed by atoms with van der Waals surface area (Å²) >= 11 is 0. The van der Waals surface area contributed by atoms with Crippen LogP contribution in [0.1, 0.15) is 60.8 Å². The highest BCUT2D eigenvalue weighted by molar-refractivity contribution is 5.85. The summed E-state index contributed by atoms with van der Waals surface area (Å²) in [4.78, 5) is 25.9. The van der Waals surface area contributed by atoms with Crippen molar-refractivity contribution in [1.29, 1.82) is 0 Å². The van der Waals surface area contributed by atoms with Crippen molar-refractivity contribution in [3.63, 3.8) is 0 Å². The van der Waals surface area contributed by atoms with Crippen LogP contribution in [-0.4, -0.2) is 41.6 Å². The number of nitrogens with one attached hydrogen (secondary N) is 1. The summed E-state index contributed by atoms with van der Waals surface area (Å²) in [7, 11) is 0. The first-order valence-electron chi connectivity index (χ1n) is 7.53. The van der Waals surface area contributed by atoms with E-state index >= 15 is 0 Å². The summed E-state index contributed by atoms with van der Waals surface area (Å²) in [5.41, 5.74) is -0.558. The van der Waals surface area contributed by atoms with E-state index in [9.17, 15) is 9.59 Å². The van der Waals surface area contributed by atoms with Crippen molar-refractivity contribution in [3.8, 4) is 0 Å². The Kier molecular flexibility index (Phi) is 8.26. The average Bonchev–Trinajstić information content (AvgIpc) is 2.33. The Morgan fingerprint density at radius 1 is 1.15 bits per heavy atom. The van der Waals surface area contributed by atoms with Gasteiger partial charge in [0.05, 0.1) is 0 Å². The Morgan fingerprint density at radius 2 is 1.70 bits per heavy atom.